The highest BCUT2D eigenvalue weighted by molar-refractivity contribution is 8.14. The Labute approximate surface area is 200 Å². The van der Waals surface area contributed by atoms with Gasteiger partial charge in [-0.05, 0) is 49.4 Å². The fraction of sp³-hybridized carbons (Fsp3) is 0.318. The number of hydrazine groups is 1. The van der Waals surface area contributed by atoms with Crippen LogP contribution in [0.3, 0.4) is 0 Å². The van der Waals surface area contributed by atoms with Crippen LogP contribution in [0.1, 0.15) is 6.92 Å². The highest BCUT2D eigenvalue weighted by Gasteiger charge is 2.42. The van der Waals surface area contributed by atoms with E-state index in [0.717, 1.165) is 5.75 Å². The summed E-state index contributed by atoms with van der Waals surface area (Å²) in [5.74, 6) is 0.655. The van der Waals surface area contributed by atoms with E-state index in [-0.39, 0.29) is 29.7 Å². The summed E-state index contributed by atoms with van der Waals surface area (Å²) in [7, 11) is 1.53. The molecule has 2 atom stereocenters. The smallest absolute Gasteiger partial charge is 0.241 e. The standard InChI is InChI=1S/C22H24ClN5O4S/c1-3-32-15-7-5-14(6-8-15)28-21(30)16-11-24-27-20(16)26-22(28)33-12-19(29)25-13-4-9-18(31-2)17(23)10-13/h4-10,16,20,24,27H,3,11-12H2,1-2H3,(H,25,29). The van der Waals surface area contributed by atoms with Gasteiger partial charge < -0.3 is 14.8 Å². The van der Waals surface area contributed by atoms with Gasteiger partial charge in [0.25, 0.3) is 0 Å². The molecule has 0 spiro atoms. The molecule has 33 heavy (non-hydrogen) atoms. The molecule has 2 aliphatic rings. The highest BCUT2D eigenvalue weighted by atomic mass is 35.5. The maximum atomic E-state index is 13.3. The molecule has 174 valence electrons. The van der Waals surface area contributed by atoms with Gasteiger partial charge in [0.05, 0.1) is 36.1 Å². The number of ether oxygens (including phenoxy) is 2. The molecule has 2 aliphatic heterocycles. The lowest BCUT2D eigenvalue weighted by atomic mass is 10.0. The van der Waals surface area contributed by atoms with Crippen molar-refractivity contribution in [2.24, 2.45) is 10.9 Å². The number of hydrogen-bond donors (Lipinski definition) is 3. The highest BCUT2D eigenvalue weighted by Crippen LogP contribution is 2.31. The van der Waals surface area contributed by atoms with Crippen LogP contribution in [0.2, 0.25) is 5.02 Å². The van der Waals surface area contributed by atoms with Crippen molar-refractivity contribution in [3.8, 4) is 11.5 Å². The molecule has 1 saturated heterocycles. The number of carbonyl (C=O) groups is 2. The van der Waals surface area contributed by atoms with Crippen LogP contribution in [0, 0.1) is 5.92 Å². The summed E-state index contributed by atoms with van der Waals surface area (Å²) >= 11 is 7.32. The normalized spacial score (nSPS) is 19.7. The minimum atomic E-state index is -0.373. The molecule has 0 saturated carbocycles. The van der Waals surface area contributed by atoms with E-state index in [0.29, 0.717) is 40.5 Å². The average Bonchev–Trinajstić information content (AvgIpc) is 3.28. The number of nitrogens with one attached hydrogen (secondary N) is 3. The summed E-state index contributed by atoms with van der Waals surface area (Å²) in [5, 5.41) is 3.65. The Hall–Kier alpha value is -2.79. The Bertz CT molecular complexity index is 1070. The van der Waals surface area contributed by atoms with Crippen molar-refractivity contribution in [3.63, 3.8) is 0 Å². The summed E-state index contributed by atoms with van der Waals surface area (Å²) in [5.41, 5.74) is 7.23. The second kappa shape index (κ2) is 10.4. The van der Waals surface area contributed by atoms with Crippen molar-refractivity contribution in [2.75, 3.05) is 36.2 Å². The van der Waals surface area contributed by atoms with Gasteiger partial charge in [-0.25, -0.2) is 10.4 Å². The summed E-state index contributed by atoms with van der Waals surface area (Å²) < 4.78 is 10.6. The molecule has 0 radical (unpaired) electrons. The Morgan fingerprint density at radius 3 is 2.79 bits per heavy atom. The lowest BCUT2D eigenvalue weighted by Crippen LogP contribution is -2.49. The maximum Gasteiger partial charge on any atom is 0.241 e. The number of nitrogens with zero attached hydrogens (tertiary/aromatic N) is 2. The molecule has 4 rings (SSSR count). The Balaban J connectivity index is 1.49. The Kier molecular flexibility index (Phi) is 7.39. The van der Waals surface area contributed by atoms with Crippen molar-refractivity contribution in [2.45, 2.75) is 13.1 Å². The molecule has 2 aromatic carbocycles. The second-order valence-electron chi connectivity index (χ2n) is 7.27. The predicted octanol–water partition coefficient (Wildman–Crippen LogP) is 2.87. The zero-order chi connectivity index (χ0) is 23.4. The Morgan fingerprint density at radius 1 is 1.30 bits per heavy atom. The van der Waals surface area contributed by atoms with E-state index >= 15 is 0 Å². The first-order valence-electron chi connectivity index (χ1n) is 10.4. The monoisotopic (exact) mass is 489 g/mol. The van der Waals surface area contributed by atoms with E-state index in [4.69, 9.17) is 21.1 Å². The number of aliphatic imine (C=N–C) groups is 1. The van der Waals surface area contributed by atoms with Crippen LogP contribution < -0.4 is 30.5 Å². The van der Waals surface area contributed by atoms with Crippen LogP contribution in [0.4, 0.5) is 11.4 Å². The first kappa shape index (κ1) is 23.4. The minimum absolute atomic E-state index is 0.0636. The second-order valence-corrected chi connectivity index (χ2v) is 8.62. The number of fused-ring (bicyclic) bond motifs is 1. The van der Waals surface area contributed by atoms with Crippen LogP contribution >= 0.6 is 23.4 Å². The van der Waals surface area contributed by atoms with Crippen molar-refractivity contribution in [3.05, 3.63) is 47.5 Å². The van der Waals surface area contributed by atoms with Crippen LogP contribution in [-0.4, -0.2) is 49.2 Å². The number of carbonyl (C=O) groups excluding carboxylic acids is 2. The largest absolute Gasteiger partial charge is 0.495 e. The van der Waals surface area contributed by atoms with Gasteiger partial charge in [0.15, 0.2) is 5.17 Å². The fourth-order valence-corrected chi connectivity index (χ4v) is 4.64. The van der Waals surface area contributed by atoms with E-state index in [1.807, 2.05) is 31.2 Å². The van der Waals surface area contributed by atoms with Crippen LogP contribution in [-0.2, 0) is 9.59 Å². The van der Waals surface area contributed by atoms with E-state index in [1.165, 1.54) is 18.9 Å². The van der Waals surface area contributed by atoms with Gasteiger partial charge in [0.2, 0.25) is 11.8 Å². The summed E-state index contributed by atoms with van der Waals surface area (Å²) in [6.45, 7) is 2.95. The molecule has 9 nitrogen and oxygen atoms in total. The number of thioether (sulfide) groups is 1. The lowest BCUT2D eigenvalue weighted by Gasteiger charge is -2.32. The molecular weight excluding hydrogens is 466 g/mol. The van der Waals surface area contributed by atoms with Crippen LogP contribution in [0.25, 0.3) is 0 Å². The predicted molar refractivity (Wildman–Crippen MR) is 130 cm³/mol. The average molecular weight is 490 g/mol. The van der Waals surface area contributed by atoms with Crippen LogP contribution in [0.5, 0.6) is 11.5 Å². The molecule has 0 aromatic heterocycles. The summed E-state index contributed by atoms with van der Waals surface area (Å²) in [4.78, 5) is 32.1. The number of amidine groups is 1. The fourth-order valence-electron chi connectivity index (χ4n) is 3.54. The molecule has 11 heteroatoms. The van der Waals surface area contributed by atoms with Gasteiger partial charge in [-0.1, -0.05) is 23.4 Å². The topological polar surface area (TPSA) is 104 Å². The van der Waals surface area contributed by atoms with Gasteiger partial charge in [0, 0.05) is 12.2 Å². The number of methoxy groups -OCH3 is 1. The molecule has 1 fully saturated rings. The van der Waals surface area contributed by atoms with Crippen molar-refractivity contribution in [1.82, 2.24) is 10.9 Å². The molecule has 0 bridgehead atoms. The first-order chi connectivity index (χ1) is 16.0. The number of hydrogen-bond acceptors (Lipinski definition) is 8. The van der Waals surface area contributed by atoms with Crippen molar-refractivity contribution < 1.29 is 19.1 Å². The van der Waals surface area contributed by atoms with Gasteiger partial charge in [0.1, 0.15) is 17.7 Å². The summed E-state index contributed by atoms with van der Waals surface area (Å²) in [6.07, 6.45) is -0.373. The number of anilines is 2. The van der Waals surface area contributed by atoms with Gasteiger partial charge in [-0.15, -0.1) is 0 Å². The van der Waals surface area contributed by atoms with Gasteiger partial charge >= 0.3 is 0 Å². The minimum Gasteiger partial charge on any atom is -0.495 e. The molecule has 2 amide bonds. The third-order valence-corrected chi connectivity index (χ3v) is 6.35. The lowest BCUT2D eigenvalue weighted by molar-refractivity contribution is -0.121. The van der Waals surface area contributed by atoms with Crippen LogP contribution in [0.15, 0.2) is 47.5 Å². The molecule has 3 N–H and O–H groups in total. The molecule has 0 aliphatic carbocycles. The Morgan fingerprint density at radius 2 is 2.09 bits per heavy atom. The van der Waals surface area contributed by atoms with E-state index in [9.17, 15) is 9.59 Å². The molecule has 2 unspecified atom stereocenters. The number of benzene rings is 2. The number of amides is 2. The molecule has 2 heterocycles. The third kappa shape index (κ3) is 5.25. The molecule has 2 aromatic rings. The zero-order valence-corrected chi connectivity index (χ0v) is 19.7. The summed E-state index contributed by atoms with van der Waals surface area (Å²) in [6, 6.07) is 12.3. The number of rotatable bonds is 7. The van der Waals surface area contributed by atoms with E-state index in [1.54, 1.807) is 23.1 Å². The van der Waals surface area contributed by atoms with E-state index in [2.05, 4.69) is 21.2 Å². The first-order valence-corrected chi connectivity index (χ1v) is 11.8. The quantitative estimate of drug-likeness (QED) is 0.549. The van der Waals surface area contributed by atoms with Crippen molar-refractivity contribution >= 4 is 51.7 Å². The van der Waals surface area contributed by atoms with Gasteiger partial charge in [-0.3, -0.25) is 19.9 Å². The SMILES string of the molecule is CCOc1ccc(N2C(=O)C3CNNC3N=C2SCC(=O)Nc2ccc(OC)c(Cl)c2)cc1. The zero-order valence-electron chi connectivity index (χ0n) is 18.1. The van der Waals surface area contributed by atoms with Gasteiger partial charge in [-0.2, -0.15) is 0 Å². The maximum absolute atomic E-state index is 13.3. The van der Waals surface area contributed by atoms with Crippen molar-refractivity contribution in [1.29, 1.82) is 0 Å². The number of halogens is 1. The van der Waals surface area contributed by atoms with E-state index < -0.39 is 0 Å². The third-order valence-electron chi connectivity index (χ3n) is 5.11. The molecular formula is C22H24ClN5O4S.